The second kappa shape index (κ2) is 11.9. The monoisotopic (exact) mass is 549 g/mol. The van der Waals surface area contributed by atoms with E-state index in [4.69, 9.17) is 9.26 Å². The number of nitrogens with zero attached hydrogens (tertiary/aromatic N) is 4. The van der Waals surface area contributed by atoms with Crippen molar-refractivity contribution in [2.75, 3.05) is 31.9 Å². The summed E-state index contributed by atoms with van der Waals surface area (Å²) in [6.45, 7) is 6.77. The first-order chi connectivity index (χ1) is 18.8. The summed E-state index contributed by atoms with van der Waals surface area (Å²) in [4.78, 5) is 6.87. The maximum atomic E-state index is 12.7. The van der Waals surface area contributed by atoms with Gasteiger partial charge >= 0.3 is 0 Å². The molecule has 1 aliphatic carbocycles. The van der Waals surface area contributed by atoms with Crippen molar-refractivity contribution >= 4 is 10.0 Å². The SMILES string of the molecule is CC(C)Oc1ccc(-c2nc(-c3cccc4c3CC[C@@H]4CNS(=O)(=O)CCN3CCCCC3)no2)cc1C#N. The summed E-state index contributed by atoms with van der Waals surface area (Å²) in [5, 5.41) is 13.8. The minimum absolute atomic E-state index is 0.0446. The van der Waals surface area contributed by atoms with Gasteiger partial charge in [-0.2, -0.15) is 10.2 Å². The van der Waals surface area contributed by atoms with Crippen molar-refractivity contribution in [3.05, 3.63) is 53.1 Å². The molecule has 1 aliphatic heterocycles. The quantitative estimate of drug-likeness (QED) is 0.392. The molecule has 0 saturated carbocycles. The van der Waals surface area contributed by atoms with Gasteiger partial charge in [0.25, 0.3) is 5.89 Å². The lowest BCUT2D eigenvalue weighted by atomic mass is 9.98. The predicted molar refractivity (Wildman–Crippen MR) is 149 cm³/mol. The van der Waals surface area contributed by atoms with E-state index in [1.54, 1.807) is 18.2 Å². The number of ether oxygens (including phenoxy) is 1. The van der Waals surface area contributed by atoms with Crippen LogP contribution in [0.15, 0.2) is 40.9 Å². The first-order valence-electron chi connectivity index (χ1n) is 13.7. The van der Waals surface area contributed by atoms with Crippen LogP contribution in [-0.2, 0) is 16.4 Å². The zero-order chi connectivity index (χ0) is 27.4. The van der Waals surface area contributed by atoms with Crippen molar-refractivity contribution < 1.29 is 17.7 Å². The summed E-state index contributed by atoms with van der Waals surface area (Å²) in [6.07, 6.45) is 5.16. The van der Waals surface area contributed by atoms with Crippen molar-refractivity contribution in [2.24, 2.45) is 0 Å². The van der Waals surface area contributed by atoms with Gasteiger partial charge in [-0.05, 0) is 87.9 Å². The molecule has 0 bridgehead atoms. The second-order valence-corrected chi connectivity index (χ2v) is 12.5. The van der Waals surface area contributed by atoms with E-state index in [1.807, 2.05) is 26.0 Å². The number of hydrogen-bond donors (Lipinski definition) is 1. The first kappa shape index (κ1) is 27.3. The third-order valence-electron chi connectivity index (χ3n) is 7.45. The number of sulfonamides is 1. The number of benzene rings is 2. The molecule has 0 radical (unpaired) electrons. The number of piperidine rings is 1. The normalized spacial score (nSPS) is 17.7. The average molecular weight is 550 g/mol. The Bertz CT molecular complexity index is 1450. The minimum Gasteiger partial charge on any atom is -0.490 e. The van der Waals surface area contributed by atoms with Crippen LogP contribution in [0.1, 0.15) is 62.1 Å². The molecule has 206 valence electrons. The van der Waals surface area contributed by atoms with E-state index in [0.717, 1.165) is 55.5 Å². The van der Waals surface area contributed by atoms with Gasteiger partial charge in [-0.25, -0.2) is 13.1 Å². The molecule has 0 amide bonds. The Morgan fingerprint density at radius 1 is 1.21 bits per heavy atom. The molecule has 1 fully saturated rings. The highest BCUT2D eigenvalue weighted by Gasteiger charge is 2.28. The van der Waals surface area contributed by atoms with Gasteiger partial charge in [0.15, 0.2) is 0 Å². The van der Waals surface area contributed by atoms with Gasteiger partial charge in [-0.15, -0.1) is 0 Å². The summed E-state index contributed by atoms with van der Waals surface area (Å²) in [5.74, 6) is 1.56. The number of aromatic nitrogens is 2. The van der Waals surface area contributed by atoms with Crippen LogP contribution >= 0.6 is 0 Å². The van der Waals surface area contributed by atoms with Crippen LogP contribution in [0.3, 0.4) is 0 Å². The van der Waals surface area contributed by atoms with Crippen LogP contribution < -0.4 is 9.46 Å². The molecule has 39 heavy (non-hydrogen) atoms. The van der Waals surface area contributed by atoms with E-state index in [9.17, 15) is 13.7 Å². The summed E-state index contributed by atoms with van der Waals surface area (Å²) in [6, 6.07) is 13.4. The van der Waals surface area contributed by atoms with Crippen molar-refractivity contribution in [3.8, 4) is 34.7 Å². The molecular formula is C29H35N5O4S. The molecule has 1 atom stereocenters. The van der Waals surface area contributed by atoms with E-state index >= 15 is 0 Å². The smallest absolute Gasteiger partial charge is 0.258 e. The number of nitrogens with one attached hydrogen (secondary N) is 1. The fourth-order valence-corrected chi connectivity index (χ4v) is 6.55. The van der Waals surface area contributed by atoms with Gasteiger partial charge in [-0.3, -0.25) is 0 Å². The van der Waals surface area contributed by atoms with E-state index in [2.05, 4.69) is 31.9 Å². The molecule has 1 saturated heterocycles. The third kappa shape index (κ3) is 6.49. The van der Waals surface area contributed by atoms with Gasteiger partial charge < -0.3 is 14.2 Å². The highest BCUT2D eigenvalue weighted by molar-refractivity contribution is 7.89. The molecule has 2 aliphatic rings. The largest absolute Gasteiger partial charge is 0.490 e. The molecule has 1 N–H and O–H groups in total. The molecule has 2 aromatic carbocycles. The molecule has 1 aromatic heterocycles. The van der Waals surface area contributed by atoms with Crippen molar-refractivity contribution in [2.45, 2.75) is 58.0 Å². The Balaban J connectivity index is 1.27. The lowest BCUT2D eigenvalue weighted by Crippen LogP contribution is -2.38. The lowest BCUT2D eigenvalue weighted by Gasteiger charge is -2.26. The van der Waals surface area contributed by atoms with Crippen LogP contribution in [0.5, 0.6) is 5.75 Å². The summed E-state index contributed by atoms with van der Waals surface area (Å²) < 4.78 is 39.5. The molecule has 3 aromatic rings. The van der Waals surface area contributed by atoms with Crippen LogP contribution in [0.2, 0.25) is 0 Å². The maximum absolute atomic E-state index is 12.7. The Kier molecular flexibility index (Phi) is 8.31. The van der Waals surface area contributed by atoms with E-state index in [1.165, 1.54) is 6.42 Å². The molecule has 9 nitrogen and oxygen atoms in total. The number of fused-ring (bicyclic) bond motifs is 1. The molecular weight excluding hydrogens is 514 g/mol. The highest BCUT2D eigenvalue weighted by Crippen LogP contribution is 2.38. The molecule has 10 heteroatoms. The Morgan fingerprint density at radius 3 is 2.79 bits per heavy atom. The fraction of sp³-hybridized carbons (Fsp3) is 0.483. The highest BCUT2D eigenvalue weighted by atomic mass is 32.2. The van der Waals surface area contributed by atoms with Gasteiger partial charge in [0.1, 0.15) is 11.8 Å². The molecule has 0 spiro atoms. The first-order valence-corrected chi connectivity index (χ1v) is 15.3. The van der Waals surface area contributed by atoms with Crippen molar-refractivity contribution in [1.29, 1.82) is 5.26 Å². The summed E-state index contributed by atoms with van der Waals surface area (Å²) in [7, 11) is -3.34. The van der Waals surface area contributed by atoms with E-state index in [0.29, 0.717) is 41.7 Å². The maximum Gasteiger partial charge on any atom is 0.258 e. The van der Waals surface area contributed by atoms with E-state index in [-0.39, 0.29) is 17.8 Å². The fourth-order valence-electron chi connectivity index (χ4n) is 5.45. The zero-order valence-electron chi connectivity index (χ0n) is 22.5. The molecule has 0 unspecified atom stereocenters. The standard InChI is InChI=1S/C29H35N5O4S/c1-20(2)37-27-12-10-21(17-23(27)18-30)29-32-28(33-38-29)26-8-6-7-24-22(9-11-25(24)26)19-31-39(35,36)16-15-34-13-4-3-5-14-34/h6-8,10,12,17,20,22,31H,3-5,9,11,13-16,19H2,1-2H3/t22-/m1/s1. The zero-order valence-corrected chi connectivity index (χ0v) is 23.3. The van der Waals surface area contributed by atoms with Crippen LogP contribution in [0.4, 0.5) is 0 Å². The predicted octanol–water partition coefficient (Wildman–Crippen LogP) is 4.50. The van der Waals surface area contributed by atoms with Crippen LogP contribution in [0.25, 0.3) is 22.8 Å². The Labute approximate surface area is 230 Å². The number of likely N-dealkylation sites (tertiary alicyclic amines) is 1. The van der Waals surface area contributed by atoms with Gasteiger partial charge in [-0.1, -0.05) is 29.8 Å². The molecule has 5 rings (SSSR count). The third-order valence-corrected chi connectivity index (χ3v) is 8.77. The second-order valence-electron chi connectivity index (χ2n) is 10.6. The summed E-state index contributed by atoms with van der Waals surface area (Å²) in [5.41, 5.74) is 4.19. The lowest BCUT2D eigenvalue weighted by molar-refractivity contribution is 0.241. The van der Waals surface area contributed by atoms with Crippen LogP contribution in [-0.4, -0.2) is 61.5 Å². The number of rotatable bonds is 10. The van der Waals surface area contributed by atoms with Gasteiger partial charge in [0.05, 0.1) is 17.4 Å². The Hall–Kier alpha value is -3.26. The average Bonchev–Trinajstić information content (AvgIpc) is 3.59. The minimum atomic E-state index is -3.34. The topological polar surface area (TPSA) is 121 Å². The number of hydrogen-bond acceptors (Lipinski definition) is 8. The van der Waals surface area contributed by atoms with Gasteiger partial charge in [0.2, 0.25) is 15.8 Å². The van der Waals surface area contributed by atoms with Gasteiger partial charge in [0, 0.05) is 24.2 Å². The van der Waals surface area contributed by atoms with Crippen molar-refractivity contribution in [3.63, 3.8) is 0 Å². The Morgan fingerprint density at radius 2 is 2.03 bits per heavy atom. The van der Waals surface area contributed by atoms with E-state index < -0.39 is 10.0 Å². The van der Waals surface area contributed by atoms with Crippen molar-refractivity contribution in [1.82, 2.24) is 19.8 Å². The summed E-state index contributed by atoms with van der Waals surface area (Å²) >= 11 is 0. The number of nitriles is 1. The van der Waals surface area contributed by atoms with Crippen LogP contribution in [0, 0.1) is 11.3 Å². The molecule has 2 heterocycles.